The van der Waals surface area contributed by atoms with Crippen LogP contribution in [0.2, 0.25) is 0 Å². The van der Waals surface area contributed by atoms with E-state index in [1.54, 1.807) is 0 Å². The quantitative estimate of drug-likeness (QED) is 0.166. The first-order valence-corrected chi connectivity index (χ1v) is 21.7. The molecule has 0 spiro atoms. The Hall–Kier alpha value is -8.67. The lowest BCUT2D eigenvalue weighted by Crippen LogP contribution is -2.02. The van der Waals surface area contributed by atoms with Crippen molar-refractivity contribution in [2.45, 2.75) is 0 Å². The Kier molecular flexibility index (Phi) is 7.33. The number of fused-ring (bicyclic) bond motifs is 12. The molecule has 0 amide bonds. The van der Waals surface area contributed by atoms with E-state index in [4.69, 9.17) is 19.4 Å². The second-order valence-corrected chi connectivity index (χ2v) is 16.8. The Morgan fingerprint density at radius 3 is 1.53 bits per heavy atom. The summed E-state index contributed by atoms with van der Waals surface area (Å²) in [5.41, 5.74) is 7.52. The van der Waals surface area contributed by atoms with Crippen molar-refractivity contribution in [2.75, 3.05) is 0 Å². The fourth-order valence-corrected chi connectivity index (χ4v) is 10.2. The molecule has 0 fully saturated rings. The zero-order valence-corrected chi connectivity index (χ0v) is 34.3. The van der Waals surface area contributed by atoms with Crippen molar-refractivity contribution in [1.82, 2.24) is 19.5 Å². The summed E-state index contributed by atoms with van der Waals surface area (Å²) in [5, 5.41) is 16.0. The number of hydrogen-bond donors (Lipinski definition) is 0. The fraction of sp³-hybridized carbons (Fsp3) is 0. The van der Waals surface area contributed by atoms with Crippen molar-refractivity contribution in [3.8, 4) is 39.9 Å². The summed E-state index contributed by atoms with van der Waals surface area (Å²) in [6.45, 7) is 0. The molecule has 14 rings (SSSR count). The van der Waals surface area contributed by atoms with Gasteiger partial charge in [-0.15, -0.1) is 0 Å². The lowest BCUT2D eigenvalue weighted by atomic mass is 9.96. The molecule has 0 atom stereocenters. The molecule has 0 aliphatic carbocycles. The number of aromatic nitrogens is 4. The van der Waals surface area contributed by atoms with Gasteiger partial charge < -0.3 is 8.98 Å². The third kappa shape index (κ3) is 5.22. The zero-order valence-electron chi connectivity index (χ0n) is 34.3. The van der Waals surface area contributed by atoms with Gasteiger partial charge in [-0.1, -0.05) is 158 Å². The van der Waals surface area contributed by atoms with E-state index in [0.717, 1.165) is 82.3 Å². The van der Waals surface area contributed by atoms with Gasteiger partial charge in [0.25, 0.3) is 0 Å². The topological polar surface area (TPSA) is 56.7 Å². The van der Waals surface area contributed by atoms with Crippen molar-refractivity contribution >= 4 is 97.6 Å². The van der Waals surface area contributed by atoms with Crippen molar-refractivity contribution in [1.29, 1.82) is 0 Å². The Bertz CT molecular complexity index is 4180. The van der Waals surface area contributed by atoms with Crippen molar-refractivity contribution < 1.29 is 4.42 Å². The molecule has 0 aliphatic rings. The smallest absolute Gasteiger partial charge is 0.164 e. The minimum Gasteiger partial charge on any atom is -0.456 e. The number of furan rings is 1. The molecular weight excluding hydrogens is 781 g/mol. The maximum absolute atomic E-state index is 6.83. The summed E-state index contributed by atoms with van der Waals surface area (Å²) in [4.78, 5) is 16.2. The van der Waals surface area contributed by atoms with Crippen LogP contribution in [0.1, 0.15) is 0 Å². The molecule has 296 valence electrons. The van der Waals surface area contributed by atoms with Crippen molar-refractivity contribution in [2.24, 2.45) is 0 Å². The molecule has 0 N–H and O–H groups in total. The number of hydrogen-bond acceptors (Lipinski definition) is 4. The van der Waals surface area contributed by atoms with Crippen LogP contribution < -0.4 is 0 Å². The molecule has 0 bridgehead atoms. The van der Waals surface area contributed by atoms with Crippen LogP contribution in [-0.4, -0.2) is 19.5 Å². The van der Waals surface area contributed by atoms with Gasteiger partial charge in [0, 0.05) is 32.8 Å². The molecule has 14 aromatic rings. The van der Waals surface area contributed by atoms with Crippen LogP contribution in [0.3, 0.4) is 0 Å². The van der Waals surface area contributed by atoms with Gasteiger partial charge in [0.15, 0.2) is 17.5 Å². The molecule has 0 unspecified atom stereocenters. The summed E-state index contributed by atoms with van der Waals surface area (Å²) in [7, 11) is 0. The van der Waals surface area contributed by atoms with Gasteiger partial charge in [0.2, 0.25) is 0 Å². The SMILES string of the molecule is c1ccc2cc3c(cc2c1)c1cc2ccccc2cc1n3-c1cc(-c2nc(-c3cccc4ccccc34)nc(-c3cc4ccccc4c4ccccc34)n2)cc2oc3ccccc3c12. The first-order chi connectivity index (χ1) is 31.7. The van der Waals surface area contributed by atoms with Gasteiger partial charge in [-0.3, -0.25) is 0 Å². The minimum atomic E-state index is 0.561. The summed E-state index contributed by atoms with van der Waals surface area (Å²) >= 11 is 0. The van der Waals surface area contributed by atoms with E-state index in [-0.39, 0.29) is 0 Å². The third-order valence-electron chi connectivity index (χ3n) is 13.1. The maximum atomic E-state index is 6.83. The molecule has 64 heavy (non-hydrogen) atoms. The molecule has 0 radical (unpaired) electrons. The summed E-state index contributed by atoms with van der Waals surface area (Å²) in [5.74, 6) is 1.77. The highest BCUT2D eigenvalue weighted by Crippen LogP contribution is 2.44. The number of nitrogens with zero attached hydrogens (tertiary/aromatic N) is 4. The van der Waals surface area contributed by atoms with Gasteiger partial charge >= 0.3 is 0 Å². The van der Waals surface area contributed by atoms with E-state index >= 15 is 0 Å². The highest BCUT2D eigenvalue weighted by atomic mass is 16.3. The average molecular weight is 815 g/mol. The second-order valence-electron chi connectivity index (χ2n) is 16.8. The lowest BCUT2D eigenvalue weighted by Gasteiger charge is -2.15. The van der Waals surface area contributed by atoms with Crippen molar-refractivity contribution in [3.63, 3.8) is 0 Å². The van der Waals surface area contributed by atoms with Crippen LogP contribution in [-0.2, 0) is 0 Å². The number of rotatable bonds is 4. The number of benzene rings is 11. The van der Waals surface area contributed by atoms with Crippen LogP contribution in [0, 0.1) is 0 Å². The van der Waals surface area contributed by atoms with E-state index in [1.165, 1.54) is 37.7 Å². The Morgan fingerprint density at radius 1 is 0.312 bits per heavy atom. The van der Waals surface area contributed by atoms with E-state index in [9.17, 15) is 0 Å². The van der Waals surface area contributed by atoms with E-state index in [2.05, 4.69) is 205 Å². The van der Waals surface area contributed by atoms with Crippen LogP contribution >= 0.6 is 0 Å². The van der Waals surface area contributed by atoms with E-state index in [0.29, 0.717) is 17.5 Å². The lowest BCUT2D eigenvalue weighted by molar-refractivity contribution is 0.669. The second kappa shape index (κ2) is 13.4. The van der Waals surface area contributed by atoms with Gasteiger partial charge in [0.1, 0.15) is 11.2 Å². The average Bonchev–Trinajstić information content (AvgIpc) is 3.88. The van der Waals surface area contributed by atoms with E-state index in [1.807, 2.05) is 6.07 Å². The molecule has 3 heterocycles. The van der Waals surface area contributed by atoms with Crippen LogP contribution in [0.5, 0.6) is 0 Å². The fourth-order valence-electron chi connectivity index (χ4n) is 10.2. The van der Waals surface area contributed by atoms with Crippen molar-refractivity contribution in [3.05, 3.63) is 206 Å². The highest BCUT2D eigenvalue weighted by Gasteiger charge is 2.23. The molecular formula is C59H34N4O. The standard InChI is InChI=1S/C59H34N4O/c1-3-17-38-31-51-48(28-36(38)15-1)49-29-37-16-2-4-18-39(37)32-52(49)63(51)53-33-41(34-55-56(53)47-25-11-12-27-54(47)64-55)57-60-58(46-26-13-20-35-14-5-7-21-42(35)46)62-59(61-57)50-30-40-19-6-8-22-43(40)44-23-9-10-24-45(44)50/h1-34H. The van der Waals surface area contributed by atoms with Gasteiger partial charge in [-0.05, 0) is 102 Å². The zero-order chi connectivity index (χ0) is 41.9. The Balaban J connectivity index is 1.12. The monoisotopic (exact) mass is 814 g/mol. The molecule has 3 aromatic heterocycles. The van der Waals surface area contributed by atoms with Gasteiger partial charge in [0.05, 0.1) is 22.1 Å². The summed E-state index contributed by atoms with van der Waals surface area (Å²) in [6.07, 6.45) is 0. The molecule has 0 saturated heterocycles. The Labute approximate surface area is 366 Å². The van der Waals surface area contributed by atoms with Crippen LogP contribution in [0.25, 0.3) is 137 Å². The largest absolute Gasteiger partial charge is 0.456 e. The first kappa shape index (κ1) is 35.0. The summed E-state index contributed by atoms with van der Waals surface area (Å²) < 4.78 is 9.26. The molecule has 0 saturated carbocycles. The summed E-state index contributed by atoms with van der Waals surface area (Å²) in [6, 6.07) is 73.4. The molecule has 11 aromatic carbocycles. The predicted molar refractivity (Wildman–Crippen MR) is 265 cm³/mol. The molecule has 5 heteroatoms. The first-order valence-electron chi connectivity index (χ1n) is 21.7. The van der Waals surface area contributed by atoms with Crippen LogP contribution in [0.15, 0.2) is 211 Å². The minimum absolute atomic E-state index is 0.561. The van der Waals surface area contributed by atoms with Gasteiger partial charge in [-0.2, -0.15) is 0 Å². The highest BCUT2D eigenvalue weighted by molar-refractivity contribution is 6.19. The third-order valence-corrected chi connectivity index (χ3v) is 13.1. The van der Waals surface area contributed by atoms with Crippen LogP contribution in [0.4, 0.5) is 0 Å². The predicted octanol–water partition coefficient (Wildman–Crippen LogP) is 15.6. The number of para-hydroxylation sites is 1. The molecule has 5 nitrogen and oxygen atoms in total. The Morgan fingerprint density at radius 2 is 0.828 bits per heavy atom. The van der Waals surface area contributed by atoms with Gasteiger partial charge in [-0.25, -0.2) is 15.0 Å². The van der Waals surface area contributed by atoms with E-state index < -0.39 is 0 Å². The maximum Gasteiger partial charge on any atom is 0.164 e. The normalized spacial score (nSPS) is 12.1. The molecule has 0 aliphatic heterocycles.